The van der Waals surface area contributed by atoms with Crippen LogP contribution in [0.3, 0.4) is 0 Å². The van der Waals surface area contributed by atoms with E-state index in [4.69, 9.17) is 0 Å². The summed E-state index contributed by atoms with van der Waals surface area (Å²) in [4.78, 5) is 22.0. The van der Waals surface area contributed by atoms with Crippen LogP contribution in [-0.2, 0) is 12.8 Å². The Kier molecular flexibility index (Phi) is 3.49. The van der Waals surface area contributed by atoms with Gasteiger partial charge in [-0.25, -0.2) is 4.98 Å². The minimum atomic E-state index is 0.0300. The smallest absolute Gasteiger partial charge is 0.262 e. The van der Waals surface area contributed by atoms with Gasteiger partial charge in [0.2, 0.25) is 0 Å². The second kappa shape index (κ2) is 5.99. The first kappa shape index (κ1) is 15.1. The maximum absolute atomic E-state index is 13.4. The average molecular weight is 341 g/mol. The van der Waals surface area contributed by atoms with Crippen molar-refractivity contribution >= 4 is 23.1 Å². The van der Waals surface area contributed by atoms with Crippen LogP contribution in [0, 0.1) is 0 Å². The maximum Gasteiger partial charge on any atom is 0.262 e. The van der Waals surface area contributed by atoms with Crippen LogP contribution in [0.5, 0.6) is 0 Å². The molecule has 0 atom stereocenters. The fourth-order valence-electron chi connectivity index (χ4n) is 4.03. The summed E-state index contributed by atoms with van der Waals surface area (Å²) < 4.78 is 0. The van der Waals surface area contributed by atoms with E-state index < -0.39 is 0 Å². The van der Waals surface area contributed by atoms with E-state index in [0.717, 1.165) is 43.1 Å². The molecule has 1 aromatic heterocycles. The Morgan fingerprint density at radius 2 is 1.50 bits per heavy atom. The van der Waals surface area contributed by atoms with E-state index >= 15 is 0 Å². The number of hydrogen-bond acceptors (Lipinski definition) is 3. The molecule has 0 spiro atoms. The number of para-hydroxylation sites is 2. The van der Waals surface area contributed by atoms with Crippen LogP contribution >= 0.6 is 0 Å². The van der Waals surface area contributed by atoms with Crippen molar-refractivity contribution in [3.63, 3.8) is 0 Å². The van der Waals surface area contributed by atoms with Gasteiger partial charge in [0.25, 0.3) is 5.91 Å². The van der Waals surface area contributed by atoms with Gasteiger partial charge in [-0.3, -0.25) is 4.79 Å². The molecule has 0 bridgehead atoms. The fraction of sp³-hybridized carbons (Fsp3) is 0.182. The summed E-state index contributed by atoms with van der Waals surface area (Å²) in [5, 5.41) is 0. The van der Waals surface area contributed by atoms with Crippen LogP contribution in [0.4, 0.5) is 17.2 Å². The number of rotatable bonds is 2. The molecule has 26 heavy (non-hydrogen) atoms. The number of nitrogens with zero attached hydrogens (tertiary/aromatic N) is 3. The van der Waals surface area contributed by atoms with E-state index in [9.17, 15) is 4.79 Å². The molecule has 3 heterocycles. The van der Waals surface area contributed by atoms with Gasteiger partial charge >= 0.3 is 0 Å². The van der Waals surface area contributed by atoms with Crippen molar-refractivity contribution in [3.05, 3.63) is 83.6 Å². The highest BCUT2D eigenvalue weighted by molar-refractivity contribution is 6.10. The Labute approximate surface area is 152 Å². The number of carbonyl (C=O) groups excluding carboxylic acids is 1. The van der Waals surface area contributed by atoms with Crippen molar-refractivity contribution in [1.82, 2.24) is 4.98 Å². The largest absolute Gasteiger partial charge is 0.325 e. The van der Waals surface area contributed by atoms with E-state index in [1.54, 1.807) is 6.20 Å². The molecule has 4 nitrogen and oxygen atoms in total. The molecule has 0 radical (unpaired) electrons. The minimum Gasteiger partial charge on any atom is -0.325 e. The van der Waals surface area contributed by atoms with Crippen LogP contribution in [0.25, 0.3) is 0 Å². The summed E-state index contributed by atoms with van der Waals surface area (Å²) in [6.45, 7) is 1.58. The first-order valence-corrected chi connectivity index (χ1v) is 9.03. The predicted octanol–water partition coefficient (Wildman–Crippen LogP) is 3.98. The van der Waals surface area contributed by atoms with Gasteiger partial charge in [-0.2, -0.15) is 0 Å². The summed E-state index contributed by atoms with van der Waals surface area (Å²) in [5.41, 5.74) is 5.39. The molecule has 1 amide bonds. The Morgan fingerprint density at radius 3 is 2.35 bits per heavy atom. The Morgan fingerprint density at radius 1 is 0.808 bits per heavy atom. The van der Waals surface area contributed by atoms with Crippen molar-refractivity contribution in [2.45, 2.75) is 12.8 Å². The van der Waals surface area contributed by atoms with Gasteiger partial charge in [-0.1, -0.05) is 36.4 Å². The highest BCUT2D eigenvalue weighted by Crippen LogP contribution is 2.36. The lowest BCUT2D eigenvalue weighted by molar-refractivity contribution is 0.0989. The standard InChI is InChI=1S/C22H19N3O/c26-22(25-15-12-17-7-2-4-10-20(17)25)18-8-5-13-23-21(18)24-14-11-16-6-1-3-9-19(16)24/h1-10,13H,11-12,14-15H2. The lowest BCUT2D eigenvalue weighted by Gasteiger charge is -2.24. The van der Waals surface area contributed by atoms with Gasteiger partial charge in [-0.05, 0) is 48.2 Å². The van der Waals surface area contributed by atoms with Gasteiger partial charge in [0, 0.05) is 30.7 Å². The van der Waals surface area contributed by atoms with Gasteiger partial charge in [0.1, 0.15) is 5.82 Å². The molecular formula is C22H19N3O. The number of benzene rings is 2. The van der Waals surface area contributed by atoms with E-state index in [1.165, 1.54) is 11.1 Å². The van der Waals surface area contributed by atoms with Crippen molar-refractivity contribution in [2.24, 2.45) is 0 Å². The molecule has 128 valence electrons. The molecule has 3 aromatic rings. The molecule has 4 heteroatoms. The zero-order valence-electron chi connectivity index (χ0n) is 14.4. The SMILES string of the molecule is O=C(c1cccnc1N1CCc2ccccc21)N1CCc2ccccc21. The lowest BCUT2D eigenvalue weighted by atomic mass is 10.1. The Balaban J connectivity index is 1.55. The number of fused-ring (bicyclic) bond motifs is 2. The molecule has 2 aliphatic rings. The van der Waals surface area contributed by atoms with Gasteiger partial charge in [-0.15, -0.1) is 0 Å². The van der Waals surface area contributed by atoms with Crippen LogP contribution in [-0.4, -0.2) is 24.0 Å². The quantitative estimate of drug-likeness (QED) is 0.707. The first-order valence-electron chi connectivity index (χ1n) is 9.03. The van der Waals surface area contributed by atoms with Crippen LogP contribution < -0.4 is 9.80 Å². The predicted molar refractivity (Wildman–Crippen MR) is 103 cm³/mol. The molecule has 0 N–H and O–H groups in total. The molecule has 0 fully saturated rings. The lowest BCUT2D eigenvalue weighted by Crippen LogP contribution is -2.31. The monoisotopic (exact) mass is 341 g/mol. The first-order chi connectivity index (χ1) is 12.8. The average Bonchev–Trinajstić information content (AvgIpc) is 3.32. The molecule has 0 unspecified atom stereocenters. The van der Waals surface area contributed by atoms with Gasteiger partial charge in [0.15, 0.2) is 0 Å². The highest BCUT2D eigenvalue weighted by Gasteiger charge is 2.30. The van der Waals surface area contributed by atoms with Crippen molar-refractivity contribution in [2.75, 3.05) is 22.9 Å². The highest BCUT2D eigenvalue weighted by atomic mass is 16.2. The number of carbonyl (C=O) groups is 1. The third kappa shape index (κ3) is 2.30. The van der Waals surface area contributed by atoms with Gasteiger partial charge < -0.3 is 9.80 Å². The number of anilines is 3. The summed E-state index contributed by atoms with van der Waals surface area (Å²) >= 11 is 0. The summed E-state index contributed by atoms with van der Waals surface area (Å²) in [5.74, 6) is 0.786. The van der Waals surface area contributed by atoms with Crippen molar-refractivity contribution < 1.29 is 4.79 Å². The fourth-order valence-corrected chi connectivity index (χ4v) is 4.03. The van der Waals surface area contributed by atoms with Crippen molar-refractivity contribution in [3.8, 4) is 0 Å². The Hall–Kier alpha value is -3.14. The van der Waals surface area contributed by atoms with E-state index in [1.807, 2.05) is 41.3 Å². The number of amides is 1. The number of pyridine rings is 1. The van der Waals surface area contributed by atoms with Crippen molar-refractivity contribution in [1.29, 1.82) is 0 Å². The normalized spacial score (nSPS) is 15.1. The molecule has 2 aliphatic heterocycles. The van der Waals surface area contributed by atoms with E-state index in [-0.39, 0.29) is 5.91 Å². The third-order valence-corrected chi connectivity index (χ3v) is 5.29. The summed E-state index contributed by atoms with van der Waals surface area (Å²) in [6, 6.07) is 20.3. The minimum absolute atomic E-state index is 0.0300. The van der Waals surface area contributed by atoms with E-state index in [0.29, 0.717) is 5.56 Å². The van der Waals surface area contributed by atoms with Gasteiger partial charge in [0.05, 0.1) is 5.56 Å². The number of aromatic nitrogens is 1. The third-order valence-electron chi connectivity index (χ3n) is 5.29. The molecule has 5 rings (SSSR count). The van der Waals surface area contributed by atoms with Crippen LogP contribution in [0.1, 0.15) is 21.5 Å². The zero-order valence-corrected chi connectivity index (χ0v) is 14.4. The molecule has 0 aliphatic carbocycles. The Bertz CT molecular complexity index is 998. The number of hydrogen-bond donors (Lipinski definition) is 0. The van der Waals surface area contributed by atoms with Crippen LogP contribution in [0.2, 0.25) is 0 Å². The second-order valence-electron chi connectivity index (χ2n) is 6.74. The van der Waals surface area contributed by atoms with Crippen LogP contribution in [0.15, 0.2) is 66.9 Å². The molecular weight excluding hydrogens is 322 g/mol. The summed E-state index contributed by atoms with van der Waals surface area (Å²) in [7, 11) is 0. The molecule has 0 saturated heterocycles. The topological polar surface area (TPSA) is 36.4 Å². The van der Waals surface area contributed by atoms with E-state index in [2.05, 4.69) is 34.1 Å². The second-order valence-corrected chi connectivity index (χ2v) is 6.74. The summed E-state index contributed by atoms with van der Waals surface area (Å²) in [6.07, 6.45) is 3.65. The zero-order chi connectivity index (χ0) is 17.5. The molecule has 0 saturated carbocycles. The maximum atomic E-state index is 13.4. The molecule has 2 aromatic carbocycles.